The van der Waals surface area contributed by atoms with Crippen LogP contribution in [-0.4, -0.2) is 20.9 Å². The molecule has 0 saturated heterocycles. The first-order valence-corrected chi connectivity index (χ1v) is 6.53. The number of carbonyl (C=O) groups is 1. The molecular weight excluding hydrogens is 264 g/mol. The van der Waals surface area contributed by atoms with Crippen molar-refractivity contribution in [3.05, 3.63) is 40.3 Å². The zero-order chi connectivity index (χ0) is 12.9. The summed E-state index contributed by atoms with van der Waals surface area (Å²) < 4.78 is 24.7. The molecule has 1 amide bonds. The topological polar surface area (TPSA) is 89.3 Å². The maximum Gasteiger partial charge on any atom is 0.234 e. The Morgan fingerprint density at radius 3 is 2.47 bits per heavy atom. The third-order valence-corrected chi connectivity index (χ3v) is 3.05. The fourth-order valence-corrected chi connectivity index (χ4v) is 1.86. The molecule has 0 aliphatic heterocycles. The minimum absolute atomic E-state index is 0.423. The van der Waals surface area contributed by atoms with Gasteiger partial charge in [0.25, 0.3) is 0 Å². The van der Waals surface area contributed by atoms with Crippen LogP contribution in [0.1, 0.15) is 5.56 Å². The first kappa shape index (κ1) is 13.7. The smallest absolute Gasteiger partial charge is 0.234 e. The van der Waals surface area contributed by atoms with Crippen molar-refractivity contribution in [1.29, 1.82) is 0 Å². The Bertz CT molecular complexity index is 523. The molecule has 7 heteroatoms. The summed E-state index contributed by atoms with van der Waals surface area (Å²) in [5.74, 6) is -0.742. The number of rotatable bonds is 5. The molecule has 0 spiro atoms. The molecule has 0 bridgehead atoms. The Hall–Kier alpha value is -1.37. The number of nitrogens with two attached hydrogens (primary N) is 1. The van der Waals surface area contributed by atoms with E-state index >= 15 is 0 Å². The number of amides is 1. The largest absolute Gasteiger partial charge is 0.369 e. The zero-order valence-corrected chi connectivity index (χ0v) is 10.3. The van der Waals surface area contributed by atoms with E-state index < -0.39 is 22.5 Å². The molecule has 0 aliphatic rings. The van der Waals surface area contributed by atoms with Crippen molar-refractivity contribution in [1.82, 2.24) is 4.72 Å². The average Bonchev–Trinajstić information content (AvgIpc) is 2.26. The van der Waals surface area contributed by atoms with Crippen LogP contribution in [0.4, 0.5) is 0 Å². The summed E-state index contributed by atoms with van der Waals surface area (Å²) in [6.07, 6.45) is 1.39. The van der Waals surface area contributed by atoms with Crippen LogP contribution in [0.5, 0.6) is 0 Å². The number of sulfonamides is 1. The summed E-state index contributed by atoms with van der Waals surface area (Å²) in [6.45, 7) is -0.423. The summed E-state index contributed by atoms with van der Waals surface area (Å²) in [4.78, 5) is 10.4. The van der Waals surface area contributed by atoms with Gasteiger partial charge in [0.2, 0.25) is 15.9 Å². The maximum atomic E-state index is 11.3. The number of carbonyl (C=O) groups excluding carboxylic acids is 1. The van der Waals surface area contributed by atoms with Gasteiger partial charge in [-0.3, -0.25) is 4.79 Å². The highest BCUT2D eigenvalue weighted by atomic mass is 35.5. The first-order valence-electron chi connectivity index (χ1n) is 4.61. The third kappa shape index (κ3) is 5.48. The van der Waals surface area contributed by atoms with Gasteiger partial charge < -0.3 is 5.73 Å². The third-order valence-electron chi connectivity index (χ3n) is 1.76. The quantitative estimate of drug-likeness (QED) is 0.829. The highest BCUT2D eigenvalue weighted by Gasteiger charge is 2.05. The Kier molecular flexibility index (Phi) is 4.68. The Morgan fingerprint density at radius 1 is 1.35 bits per heavy atom. The van der Waals surface area contributed by atoms with Crippen molar-refractivity contribution in [2.75, 3.05) is 6.54 Å². The van der Waals surface area contributed by atoms with E-state index in [0.29, 0.717) is 10.6 Å². The van der Waals surface area contributed by atoms with Gasteiger partial charge in [-0.1, -0.05) is 23.7 Å². The van der Waals surface area contributed by atoms with Crippen LogP contribution in [-0.2, 0) is 14.8 Å². The van der Waals surface area contributed by atoms with Crippen molar-refractivity contribution in [3.63, 3.8) is 0 Å². The van der Waals surface area contributed by atoms with Gasteiger partial charge in [0.1, 0.15) is 0 Å². The first-order chi connectivity index (χ1) is 7.89. The van der Waals surface area contributed by atoms with Gasteiger partial charge in [0.05, 0.1) is 6.54 Å². The maximum absolute atomic E-state index is 11.3. The number of primary amides is 1. The lowest BCUT2D eigenvalue weighted by Gasteiger charge is -1.99. The zero-order valence-electron chi connectivity index (χ0n) is 8.76. The summed E-state index contributed by atoms with van der Waals surface area (Å²) in [5.41, 5.74) is 5.50. The number of halogens is 1. The van der Waals surface area contributed by atoms with Crippen molar-refractivity contribution in [2.24, 2.45) is 5.73 Å². The van der Waals surface area contributed by atoms with E-state index in [1.807, 2.05) is 4.72 Å². The summed E-state index contributed by atoms with van der Waals surface area (Å²) in [6, 6.07) is 6.63. The van der Waals surface area contributed by atoms with E-state index in [1.165, 1.54) is 6.08 Å². The van der Waals surface area contributed by atoms with Gasteiger partial charge in [-0.25, -0.2) is 13.1 Å². The van der Waals surface area contributed by atoms with E-state index in [2.05, 4.69) is 0 Å². The van der Waals surface area contributed by atoms with Crippen LogP contribution >= 0.6 is 11.6 Å². The highest BCUT2D eigenvalue weighted by molar-refractivity contribution is 7.92. The normalized spacial score (nSPS) is 11.8. The van der Waals surface area contributed by atoms with Gasteiger partial charge in [-0.15, -0.1) is 0 Å². The Labute approximate surface area is 104 Å². The molecule has 3 N–H and O–H groups in total. The van der Waals surface area contributed by atoms with Crippen molar-refractivity contribution < 1.29 is 13.2 Å². The molecule has 17 heavy (non-hydrogen) atoms. The molecule has 0 heterocycles. The number of hydrogen-bond donors (Lipinski definition) is 2. The van der Waals surface area contributed by atoms with E-state index in [4.69, 9.17) is 17.3 Å². The van der Waals surface area contributed by atoms with E-state index in [1.54, 1.807) is 24.3 Å². The highest BCUT2D eigenvalue weighted by Crippen LogP contribution is 2.10. The molecule has 0 aliphatic carbocycles. The van der Waals surface area contributed by atoms with Crippen LogP contribution in [0.3, 0.4) is 0 Å². The van der Waals surface area contributed by atoms with Gasteiger partial charge in [-0.2, -0.15) is 0 Å². The van der Waals surface area contributed by atoms with Gasteiger partial charge in [0, 0.05) is 10.4 Å². The molecule has 0 atom stereocenters. The van der Waals surface area contributed by atoms with Crippen molar-refractivity contribution in [2.45, 2.75) is 0 Å². The standard InChI is InChI=1S/C10H11ClN2O3S/c11-9-3-1-8(2-4-9)5-6-17(15,16)13-7-10(12)14/h1-6,13H,7H2,(H2,12,14). The lowest BCUT2D eigenvalue weighted by Crippen LogP contribution is -2.32. The molecule has 1 rings (SSSR count). The van der Waals surface area contributed by atoms with Crippen LogP contribution < -0.4 is 10.5 Å². The lowest BCUT2D eigenvalue weighted by molar-refractivity contribution is -0.116. The fraction of sp³-hybridized carbons (Fsp3) is 0.100. The van der Waals surface area contributed by atoms with Crippen molar-refractivity contribution >= 4 is 33.6 Å². The average molecular weight is 275 g/mol. The SMILES string of the molecule is NC(=O)CNS(=O)(=O)C=Cc1ccc(Cl)cc1. The summed E-state index contributed by atoms with van der Waals surface area (Å²) >= 11 is 5.68. The second-order valence-corrected chi connectivity index (χ2v) is 5.27. The number of hydrogen-bond acceptors (Lipinski definition) is 3. The molecule has 0 saturated carbocycles. The van der Waals surface area contributed by atoms with E-state index in [0.717, 1.165) is 5.41 Å². The van der Waals surface area contributed by atoms with Crippen LogP contribution in [0, 0.1) is 0 Å². The van der Waals surface area contributed by atoms with Crippen molar-refractivity contribution in [3.8, 4) is 0 Å². The van der Waals surface area contributed by atoms with Gasteiger partial charge in [0.15, 0.2) is 0 Å². The summed E-state index contributed by atoms with van der Waals surface area (Å²) in [5, 5.41) is 1.52. The molecule has 0 radical (unpaired) electrons. The van der Waals surface area contributed by atoms with Crippen LogP contribution in [0.15, 0.2) is 29.7 Å². The number of benzene rings is 1. The Balaban J connectivity index is 2.70. The minimum atomic E-state index is -3.65. The molecule has 0 fully saturated rings. The number of nitrogens with one attached hydrogen (secondary N) is 1. The molecule has 0 aromatic heterocycles. The Morgan fingerprint density at radius 2 is 1.94 bits per heavy atom. The second kappa shape index (κ2) is 5.81. The van der Waals surface area contributed by atoms with Crippen LogP contribution in [0.2, 0.25) is 5.02 Å². The predicted octanol–water partition coefficient (Wildman–Crippen LogP) is 0.715. The summed E-state index contributed by atoms with van der Waals surface area (Å²) in [7, 11) is -3.65. The molecule has 0 unspecified atom stereocenters. The minimum Gasteiger partial charge on any atom is -0.369 e. The molecule has 92 valence electrons. The van der Waals surface area contributed by atoms with E-state index in [-0.39, 0.29) is 0 Å². The molecule has 1 aromatic rings. The fourth-order valence-electron chi connectivity index (χ4n) is 0.962. The second-order valence-electron chi connectivity index (χ2n) is 3.19. The predicted molar refractivity (Wildman–Crippen MR) is 66.6 cm³/mol. The van der Waals surface area contributed by atoms with Gasteiger partial charge >= 0.3 is 0 Å². The van der Waals surface area contributed by atoms with Gasteiger partial charge in [-0.05, 0) is 23.8 Å². The van der Waals surface area contributed by atoms with Crippen LogP contribution in [0.25, 0.3) is 6.08 Å². The monoisotopic (exact) mass is 274 g/mol. The molecule has 1 aromatic carbocycles. The van der Waals surface area contributed by atoms with E-state index in [9.17, 15) is 13.2 Å². The molecule has 5 nitrogen and oxygen atoms in total. The lowest BCUT2D eigenvalue weighted by atomic mass is 10.2. The molecular formula is C10H11ClN2O3S.